The molecule has 1 atom stereocenters. The maximum atomic E-state index is 12.1. The van der Waals surface area contributed by atoms with Gasteiger partial charge < -0.3 is 10.1 Å². The van der Waals surface area contributed by atoms with Gasteiger partial charge in [0.05, 0.1) is 10.5 Å². The van der Waals surface area contributed by atoms with Crippen molar-refractivity contribution in [2.45, 2.75) is 44.9 Å². The van der Waals surface area contributed by atoms with Crippen LogP contribution in [0.3, 0.4) is 0 Å². The van der Waals surface area contributed by atoms with Crippen LogP contribution in [0.1, 0.15) is 45.7 Å². The van der Waals surface area contributed by atoms with Gasteiger partial charge in [0.25, 0.3) is 0 Å². The van der Waals surface area contributed by atoms with Crippen molar-refractivity contribution in [3.05, 3.63) is 29.8 Å². The molecule has 0 fully saturated rings. The van der Waals surface area contributed by atoms with E-state index in [1.165, 1.54) is 0 Å². The lowest BCUT2D eigenvalue weighted by Crippen LogP contribution is -2.32. The summed E-state index contributed by atoms with van der Waals surface area (Å²) in [4.78, 5) is 0. The fraction of sp³-hybridized carbons (Fsp3) is 0.625. The van der Waals surface area contributed by atoms with E-state index in [9.17, 15) is 8.42 Å². The largest absolute Gasteiger partial charge is 0.492 e. The highest BCUT2D eigenvalue weighted by Crippen LogP contribution is 2.27. The lowest BCUT2D eigenvalue weighted by Gasteiger charge is -2.21. The molecule has 21 heavy (non-hydrogen) atoms. The van der Waals surface area contributed by atoms with E-state index in [0.717, 1.165) is 17.7 Å². The molecule has 1 unspecified atom stereocenters. The zero-order valence-corrected chi connectivity index (χ0v) is 14.5. The third kappa shape index (κ3) is 4.71. The van der Waals surface area contributed by atoms with Crippen LogP contribution < -0.4 is 10.1 Å². The number of para-hydroxylation sites is 1. The van der Waals surface area contributed by atoms with Crippen LogP contribution in [0, 0.1) is 0 Å². The number of nitrogens with one attached hydrogen (secondary N) is 1. The van der Waals surface area contributed by atoms with Crippen LogP contribution in [-0.4, -0.2) is 32.6 Å². The zero-order chi connectivity index (χ0) is 16.1. The molecule has 1 N–H and O–H groups in total. The lowest BCUT2D eigenvalue weighted by atomic mass is 10.0. The summed E-state index contributed by atoms with van der Waals surface area (Å²) in [5.41, 5.74) is 1.07. The highest BCUT2D eigenvalue weighted by atomic mass is 32.2. The van der Waals surface area contributed by atoms with Crippen molar-refractivity contribution in [1.82, 2.24) is 5.32 Å². The highest BCUT2D eigenvalue weighted by Gasteiger charge is 2.28. The molecular formula is C16H27NO3S. The zero-order valence-electron chi connectivity index (χ0n) is 13.6. The van der Waals surface area contributed by atoms with E-state index in [2.05, 4.69) is 12.2 Å². The topological polar surface area (TPSA) is 55.4 Å². The minimum atomic E-state index is -3.15. The number of rotatable bonds is 7. The Hall–Kier alpha value is -1.07. The van der Waals surface area contributed by atoms with Crippen molar-refractivity contribution in [1.29, 1.82) is 0 Å². The Kier molecular flexibility index (Phi) is 6.23. The molecule has 0 aliphatic heterocycles. The third-order valence-corrected chi connectivity index (χ3v) is 6.16. The number of hydrogen-bond acceptors (Lipinski definition) is 4. The van der Waals surface area contributed by atoms with E-state index < -0.39 is 14.6 Å². The van der Waals surface area contributed by atoms with Crippen LogP contribution in [0.4, 0.5) is 0 Å². The molecule has 0 bridgehead atoms. The average molecular weight is 313 g/mol. The molecule has 0 radical (unpaired) electrons. The fourth-order valence-corrected chi connectivity index (χ4v) is 2.96. The second-order valence-electron chi connectivity index (χ2n) is 6.07. The van der Waals surface area contributed by atoms with Gasteiger partial charge >= 0.3 is 0 Å². The van der Waals surface area contributed by atoms with Crippen molar-refractivity contribution in [2.24, 2.45) is 0 Å². The van der Waals surface area contributed by atoms with Gasteiger partial charge in [0, 0.05) is 11.6 Å². The predicted octanol–water partition coefficient (Wildman–Crippen LogP) is 2.95. The average Bonchev–Trinajstić information content (AvgIpc) is 2.40. The van der Waals surface area contributed by atoms with E-state index in [4.69, 9.17) is 4.74 Å². The second kappa shape index (κ2) is 7.27. The molecule has 0 spiro atoms. The first-order chi connectivity index (χ1) is 9.73. The van der Waals surface area contributed by atoms with Crippen molar-refractivity contribution >= 4 is 9.84 Å². The maximum absolute atomic E-state index is 12.1. The van der Waals surface area contributed by atoms with E-state index in [1.54, 1.807) is 20.8 Å². The first-order valence-corrected chi connectivity index (χ1v) is 8.99. The molecule has 0 amide bonds. The molecule has 4 nitrogen and oxygen atoms in total. The fourth-order valence-electron chi connectivity index (χ4n) is 2.05. The number of benzene rings is 1. The molecule has 0 aromatic heterocycles. The summed E-state index contributed by atoms with van der Waals surface area (Å²) in [5, 5.41) is 3.24. The number of sulfone groups is 1. The minimum absolute atomic E-state index is 0.0289. The van der Waals surface area contributed by atoms with Crippen LogP contribution in [0.15, 0.2) is 24.3 Å². The summed E-state index contributed by atoms with van der Waals surface area (Å²) < 4.78 is 29.2. The Labute approximate surface area is 128 Å². The summed E-state index contributed by atoms with van der Waals surface area (Å²) in [6.07, 6.45) is 0.942. The van der Waals surface area contributed by atoms with Crippen molar-refractivity contribution in [3.63, 3.8) is 0 Å². The molecule has 1 aromatic rings. The van der Waals surface area contributed by atoms with E-state index in [1.807, 2.05) is 31.3 Å². The molecule has 0 saturated heterocycles. The standard InChI is InChI=1S/C16H27NO3S/c1-6-14(17-5)13-9-7-8-10-15(13)20-11-12-21(18,19)16(2,3)4/h7-10,14,17H,6,11-12H2,1-5H3. The summed E-state index contributed by atoms with van der Waals surface area (Å²) in [7, 11) is -1.24. The first-order valence-electron chi connectivity index (χ1n) is 7.34. The summed E-state index contributed by atoms with van der Waals surface area (Å²) in [6.45, 7) is 7.41. The molecule has 1 aromatic carbocycles. The van der Waals surface area contributed by atoms with Gasteiger partial charge in [0.15, 0.2) is 9.84 Å². The van der Waals surface area contributed by atoms with Crippen molar-refractivity contribution < 1.29 is 13.2 Å². The van der Waals surface area contributed by atoms with Gasteiger partial charge in [-0.05, 0) is 40.3 Å². The Balaban J connectivity index is 2.77. The molecular weight excluding hydrogens is 286 g/mol. The van der Waals surface area contributed by atoms with Crippen molar-refractivity contribution in [2.75, 3.05) is 19.4 Å². The quantitative estimate of drug-likeness (QED) is 0.841. The van der Waals surface area contributed by atoms with Crippen LogP contribution in [-0.2, 0) is 9.84 Å². The van der Waals surface area contributed by atoms with Gasteiger partial charge in [0.1, 0.15) is 12.4 Å². The Morgan fingerprint density at radius 3 is 2.38 bits per heavy atom. The summed E-state index contributed by atoms with van der Waals surface area (Å²) in [5.74, 6) is 0.782. The third-order valence-electron chi connectivity index (χ3n) is 3.59. The van der Waals surface area contributed by atoms with Crippen LogP contribution in [0.25, 0.3) is 0 Å². The van der Waals surface area contributed by atoms with Crippen molar-refractivity contribution in [3.8, 4) is 5.75 Å². The Bertz CT molecular complexity index is 543. The van der Waals surface area contributed by atoms with Gasteiger partial charge in [-0.25, -0.2) is 8.42 Å². The SMILES string of the molecule is CCC(NC)c1ccccc1OCCS(=O)(=O)C(C)(C)C. The maximum Gasteiger partial charge on any atom is 0.158 e. The Morgan fingerprint density at radius 1 is 1.24 bits per heavy atom. The molecule has 120 valence electrons. The van der Waals surface area contributed by atoms with E-state index >= 15 is 0 Å². The van der Waals surface area contributed by atoms with Crippen LogP contribution in [0.5, 0.6) is 5.75 Å². The van der Waals surface area contributed by atoms with Crippen LogP contribution >= 0.6 is 0 Å². The highest BCUT2D eigenvalue weighted by molar-refractivity contribution is 7.92. The van der Waals surface area contributed by atoms with Crippen LogP contribution in [0.2, 0.25) is 0 Å². The van der Waals surface area contributed by atoms with Gasteiger partial charge in [-0.3, -0.25) is 0 Å². The molecule has 0 saturated carbocycles. The molecule has 0 heterocycles. The molecule has 1 rings (SSSR count). The van der Waals surface area contributed by atoms with Gasteiger partial charge in [-0.15, -0.1) is 0 Å². The molecule has 0 aliphatic carbocycles. The predicted molar refractivity (Wildman–Crippen MR) is 87.6 cm³/mol. The summed E-state index contributed by atoms with van der Waals surface area (Å²) >= 11 is 0. The number of hydrogen-bond donors (Lipinski definition) is 1. The van der Waals surface area contributed by atoms with Gasteiger partial charge in [0.2, 0.25) is 0 Å². The van der Waals surface area contributed by atoms with Gasteiger partial charge in [-0.1, -0.05) is 25.1 Å². The molecule has 5 heteroatoms. The monoisotopic (exact) mass is 313 g/mol. The molecule has 0 aliphatic rings. The van der Waals surface area contributed by atoms with E-state index in [0.29, 0.717) is 0 Å². The summed E-state index contributed by atoms with van der Waals surface area (Å²) in [6, 6.07) is 7.98. The van der Waals surface area contributed by atoms with Gasteiger partial charge in [-0.2, -0.15) is 0 Å². The number of ether oxygens (including phenoxy) is 1. The Morgan fingerprint density at radius 2 is 1.86 bits per heavy atom. The smallest absolute Gasteiger partial charge is 0.158 e. The lowest BCUT2D eigenvalue weighted by molar-refractivity contribution is 0.331. The minimum Gasteiger partial charge on any atom is -0.492 e. The first kappa shape index (κ1) is 18.0. The second-order valence-corrected chi connectivity index (χ2v) is 8.93. The normalized spacial score (nSPS) is 14.0. The van der Waals surface area contributed by atoms with E-state index in [-0.39, 0.29) is 18.4 Å².